The minimum Gasteiger partial charge on any atom is -0.507 e. The van der Waals surface area contributed by atoms with E-state index < -0.39 is 0 Å². The molecule has 130 valence electrons. The molecule has 0 radical (unpaired) electrons. The largest absolute Gasteiger partial charge is 0.507 e. The minimum absolute atomic E-state index is 0.181. The van der Waals surface area contributed by atoms with Crippen LogP contribution in [0.3, 0.4) is 0 Å². The number of thiophene rings is 1. The molecule has 0 atom stereocenters. The van der Waals surface area contributed by atoms with E-state index in [-0.39, 0.29) is 5.75 Å². The number of thiazole rings is 1. The topological polar surface area (TPSA) is 59.1 Å². The van der Waals surface area contributed by atoms with E-state index in [9.17, 15) is 5.11 Å². The van der Waals surface area contributed by atoms with Crippen LogP contribution in [0.5, 0.6) is 5.75 Å². The van der Waals surface area contributed by atoms with Crippen LogP contribution in [0.2, 0.25) is 4.34 Å². The van der Waals surface area contributed by atoms with Crippen LogP contribution in [-0.4, -0.2) is 36.3 Å². The van der Waals surface area contributed by atoms with Crippen molar-refractivity contribution in [1.29, 1.82) is 0 Å². The quantitative estimate of drug-likeness (QED) is 0.507. The van der Waals surface area contributed by atoms with Gasteiger partial charge in [-0.05, 0) is 24.3 Å². The predicted molar refractivity (Wildman–Crippen MR) is 104 cm³/mol. The molecule has 1 aromatic carbocycles. The minimum atomic E-state index is 0.181. The van der Waals surface area contributed by atoms with Gasteiger partial charge in [-0.2, -0.15) is 5.10 Å². The third-order valence-corrected chi connectivity index (χ3v) is 5.41. The molecule has 0 unspecified atom stereocenters. The van der Waals surface area contributed by atoms with Gasteiger partial charge in [-0.3, -0.25) is 4.99 Å². The van der Waals surface area contributed by atoms with Gasteiger partial charge in [0.1, 0.15) is 5.75 Å². The zero-order chi connectivity index (χ0) is 17.6. The Balaban J connectivity index is 2.03. The number of halogens is 1. The highest BCUT2D eigenvalue weighted by Gasteiger charge is 2.10. The van der Waals surface area contributed by atoms with E-state index in [0.29, 0.717) is 18.7 Å². The molecule has 0 bridgehead atoms. The summed E-state index contributed by atoms with van der Waals surface area (Å²) in [5.41, 5.74) is 1.55. The van der Waals surface area contributed by atoms with Gasteiger partial charge in [-0.25, -0.2) is 4.68 Å². The van der Waals surface area contributed by atoms with E-state index >= 15 is 0 Å². The number of rotatable bonds is 6. The van der Waals surface area contributed by atoms with Crippen molar-refractivity contribution in [2.45, 2.75) is 0 Å². The lowest BCUT2D eigenvalue weighted by atomic mass is 10.2. The predicted octanol–water partition coefficient (Wildman–Crippen LogP) is 4.07. The Morgan fingerprint density at radius 2 is 2.12 bits per heavy atom. The Morgan fingerprint density at radius 1 is 1.28 bits per heavy atom. The highest BCUT2D eigenvalue weighted by atomic mass is 35.5. The van der Waals surface area contributed by atoms with Gasteiger partial charge in [0.15, 0.2) is 0 Å². The summed E-state index contributed by atoms with van der Waals surface area (Å²) < 4.78 is 7.53. The second kappa shape index (κ2) is 8.44. The fourth-order valence-corrected chi connectivity index (χ4v) is 4.07. The number of para-hydroxylation sites is 1. The lowest BCUT2D eigenvalue weighted by Crippen LogP contribution is -2.13. The Bertz CT molecular complexity index is 943. The summed E-state index contributed by atoms with van der Waals surface area (Å²) in [6, 6.07) is 10.9. The van der Waals surface area contributed by atoms with E-state index in [0.717, 1.165) is 19.7 Å². The number of aromatic hydroxyl groups is 1. The maximum Gasteiger partial charge on any atom is 0.206 e. The van der Waals surface area contributed by atoms with Crippen molar-refractivity contribution in [1.82, 2.24) is 4.68 Å². The fraction of sp³-hybridized carbons (Fsp3) is 0.176. The first kappa shape index (κ1) is 17.9. The van der Waals surface area contributed by atoms with Crippen molar-refractivity contribution >= 4 is 40.5 Å². The molecule has 0 amide bonds. The number of phenolic OH excluding ortho intramolecular Hbond substituents is 1. The monoisotopic (exact) mass is 393 g/mol. The van der Waals surface area contributed by atoms with Crippen molar-refractivity contribution in [3.05, 3.63) is 56.5 Å². The van der Waals surface area contributed by atoms with Crippen molar-refractivity contribution in [3.63, 3.8) is 0 Å². The molecule has 0 aliphatic heterocycles. The van der Waals surface area contributed by atoms with Crippen molar-refractivity contribution in [2.24, 2.45) is 10.1 Å². The molecule has 8 heteroatoms. The lowest BCUT2D eigenvalue weighted by Gasteiger charge is -2.02. The third kappa shape index (κ3) is 4.38. The van der Waals surface area contributed by atoms with Crippen molar-refractivity contribution in [2.75, 3.05) is 20.3 Å². The van der Waals surface area contributed by atoms with Crippen molar-refractivity contribution in [3.8, 4) is 16.3 Å². The molecule has 0 aliphatic rings. The normalized spacial score (nSPS) is 12.3. The first-order valence-corrected chi connectivity index (χ1v) is 9.54. The molecule has 0 fully saturated rings. The van der Waals surface area contributed by atoms with Crippen LogP contribution in [0.1, 0.15) is 5.56 Å². The first-order valence-electron chi connectivity index (χ1n) is 7.47. The Kier molecular flexibility index (Phi) is 6.04. The molecule has 0 aliphatic carbocycles. The van der Waals surface area contributed by atoms with Gasteiger partial charge in [-0.1, -0.05) is 23.7 Å². The summed E-state index contributed by atoms with van der Waals surface area (Å²) in [7, 11) is 1.65. The van der Waals surface area contributed by atoms with Gasteiger partial charge < -0.3 is 9.84 Å². The number of hydrogen-bond acceptors (Lipinski definition) is 6. The summed E-state index contributed by atoms with van der Waals surface area (Å²) in [4.78, 5) is 6.29. The average molecular weight is 394 g/mol. The zero-order valence-corrected chi connectivity index (χ0v) is 15.8. The molecular formula is C17H16ClN3O2S2. The van der Waals surface area contributed by atoms with Crippen LogP contribution >= 0.6 is 34.3 Å². The SMILES string of the molecule is COCCN=c1scc(-c2ccc(Cl)s2)n1/N=C/c1ccccc1O. The van der Waals surface area contributed by atoms with Crippen LogP contribution in [0, 0.1) is 0 Å². The molecule has 5 nitrogen and oxygen atoms in total. The molecule has 2 aromatic heterocycles. The van der Waals surface area contributed by atoms with Crippen LogP contribution in [0.25, 0.3) is 10.6 Å². The molecule has 3 aromatic rings. The van der Waals surface area contributed by atoms with E-state index in [2.05, 4.69) is 10.1 Å². The van der Waals surface area contributed by atoms with Crippen LogP contribution in [0.4, 0.5) is 0 Å². The number of benzene rings is 1. The standard InChI is InChI=1S/C17H16ClN3O2S2/c1-23-9-8-19-17-21(20-10-12-4-2-3-5-14(12)22)13(11-24-17)15-6-7-16(18)25-15/h2-7,10-11,22H,8-9H2,1H3/b19-17?,20-10+. The molecule has 1 N–H and O–H groups in total. The van der Waals surface area contributed by atoms with Crippen LogP contribution < -0.4 is 4.80 Å². The number of phenols is 1. The fourth-order valence-electron chi connectivity index (χ4n) is 2.09. The maximum absolute atomic E-state index is 9.92. The molecule has 0 spiro atoms. The van der Waals surface area contributed by atoms with Gasteiger partial charge in [0, 0.05) is 18.1 Å². The van der Waals surface area contributed by atoms with Gasteiger partial charge in [-0.15, -0.1) is 22.7 Å². The third-order valence-electron chi connectivity index (χ3n) is 3.30. The first-order chi connectivity index (χ1) is 12.2. The smallest absolute Gasteiger partial charge is 0.206 e. The summed E-state index contributed by atoms with van der Waals surface area (Å²) in [6.45, 7) is 1.09. The number of methoxy groups -OCH3 is 1. The highest BCUT2D eigenvalue weighted by Crippen LogP contribution is 2.31. The van der Waals surface area contributed by atoms with E-state index in [1.807, 2.05) is 23.6 Å². The molecule has 0 saturated heterocycles. The van der Waals surface area contributed by atoms with E-state index in [4.69, 9.17) is 16.3 Å². The maximum atomic E-state index is 9.92. The van der Waals surface area contributed by atoms with Crippen molar-refractivity contribution < 1.29 is 9.84 Å². The summed E-state index contributed by atoms with van der Waals surface area (Å²) in [6.07, 6.45) is 1.62. The molecule has 2 heterocycles. The van der Waals surface area contributed by atoms with Gasteiger partial charge in [0.25, 0.3) is 0 Å². The molecule has 0 saturated carbocycles. The number of aromatic nitrogens is 1. The second-order valence-corrected chi connectivity index (χ2v) is 7.55. The number of ether oxygens (including phenoxy) is 1. The summed E-state index contributed by atoms with van der Waals surface area (Å²) in [5.74, 6) is 0.181. The average Bonchev–Trinajstić information content (AvgIpc) is 3.20. The number of hydrogen-bond donors (Lipinski definition) is 1. The molecule has 25 heavy (non-hydrogen) atoms. The zero-order valence-electron chi connectivity index (χ0n) is 13.4. The second-order valence-electron chi connectivity index (χ2n) is 5.00. The Labute approximate surface area is 158 Å². The molecule has 3 rings (SSSR count). The number of nitrogens with zero attached hydrogens (tertiary/aromatic N) is 3. The van der Waals surface area contributed by atoms with E-state index in [1.165, 1.54) is 22.7 Å². The van der Waals surface area contributed by atoms with Crippen LogP contribution in [0.15, 0.2) is 51.9 Å². The Morgan fingerprint density at radius 3 is 2.84 bits per heavy atom. The summed E-state index contributed by atoms with van der Waals surface area (Å²) in [5, 5.41) is 16.4. The summed E-state index contributed by atoms with van der Waals surface area (Å²) >= 11 is 9.05. The van der Waals surface area contributed by atoms with Gasteiger partial charge >= 0.3 is 0 Å². The van der Waals surface area contributed by atoms with Gasteiger partial charge in [0.2, 0.25) is 4.80 Å². The highest BCUT2D eigenvalue weighted by molar-refractivity contribution is 7.19. The molecular weight excluding hydrogens is 378 g/mol. The van der Waals surface area contributed by atoms with E-state index in [1.54, 1.807) is 36.2 Å². The van der Waals surface area contributed by atoms with Gasteiger partial charge in [0.05, 0.1) is 34.3 Å². The lowest BCUT2D eigenvalue weighted by molar-refractivity contribution is 0.207. The van der Waals surface area contributed by atoms with Crippen LogP contribution in [-0.2, 0) is 4.74 Å². The Hall–Kier alpha value is -1.93.